The van der Waals surface area contributed by atoms with Crippen LogP contribution >= 0.6 is 0 Å². The molecule has 0 aliphatic heterocycles. The SMILES string of the molecule is Cc1ncc(CNCC2CCC(C)CC2)[nH]1. The van der Waals surface area contributed by atoms with Gasteiger partial charge in [0.2, 0.25) is 0 Å². The molecule has 1 aromatic rings. The minimum absolute atomic E-state index is 0.889. The highest BCUT2D eigenvalue weighted by atomic mass is 15.0. The van der Waals surface area contributed by atoms with Gasteiger partial charge in [-0.25, -0.2) is 4.98 Å². The minimum atomic E-state index is 0.889. The fraction of sp³-hybridized carbons (Fsp3) is 0.769. The first-order chi connectivity index (χ1) is 7.74. The van der Waals surface area contributed by atoms with E-state index in [9.17, 15) is 0 Å². The van der Waals surface area contributed by atoms with Crippen LogP contribution in [0.25, 0.3) is 0 Å². The van der Waals surface area contributed by atoms with Crippen LogP contribution in [0.4, 0.5) is 0 Å². The Balaban J connectivity index is 1.64. The molecule has 0 saturated heterocycles. The third kappa shape index (κ3) is 3.34. The molecule has 0 atom stereocenters. The predicted molar refractivity (Wildman–Crippen MR) is 66.2 cm³/mol. The zero-order valence-electron chi connectivity index (χ0n) is 10.4. The zero-order valence-corrected chi connectivity index (χ0v) is 10.4. The van der Waals surface area contributed by atoms with E-state index in [0.717, 1.165) is 30.7 Å². The lowest BCUT2D eigenvalue weighted by Gasteiger charge is -2.26. The molecular formula is C13H23N3. The van der Waals surface area contributed by atoms with Gasteiger partial charge in [0, 0.05) is 18.4 Å². The first kappa shape index (κ1) is 11.6. The van der Waals surface area contributed by atoms with Crippen molar-refractivity contribution < 1.29 is 0 Å². The fourth-order valence-electron chi connectivity index (χ4n) is 2.51. The van der Waals surface area contributed by atoms with E-state index in [-0.39, 0.29) is 0 Å². The Morgan fingerprint density at radius 1 is 1.38 bits per heavy atom. The van der Waals surface area contributed by atoms with Crippen LogP contribution < -0.4 is 5.32 Å². The Morgan fingerprint density at radius 2 is 2.12 bits per heavy atom. The maximum atomic E-state index is 4.20. The lowest BCUT2D eigenvalue weighted by Crippen LogP contribution is -2.25. The molecule has 0 aromatic carbocycles. The van der Waals surface area contributed by atoms with E-state index >= 15 is 0 Å². The molecule has 1 aliphatic rings. The minimum Gasteiger partial charge on any atom is -0.345 e. The number of hydrogen-bond acceptors (Lipinski definition) is 2. The van der Waals surface area contributed by atoms with E-state index in [1.54, 1.807) is 0 Å². The third-order valence-electron chi connectivity index (χ3n) is 3.64. The normalized spacial score (nSPS) is 25.9. The van der Waals surface area contributed by atoms with E-state index in [1.807, 2.05) is 13.1 Å². The van der Waals surface area contributed by atoms with E-state index in [2.05, 4.69) is 22.2 Å². The Bertz CT molecular complexity index is 311. The summed E-state index contributed by atoms with van der Waals surface area (Å²) in [6, 6.07) is 0. The van der Waals surface area contributed by atoms with Crippen LogP contribution in [0, 0.1) is 18.8 Å². The first-order valence-corrected chi connectivity index (χ1v) is 6.45. The summed E-state index contributed by atoms with van der Waals surface area (Å²) in [5.41, 5.74) is 1.20. The van der Waals surface area contributed by atoms with Crippen molar-refractivity contribution in [2.75, 3.05) is 6.54 Å². The van der Waals surface area contributed by atoms with Gasteiger partial charge in [-0.05, 0) is 38.1 Å². The highest BCUT2D eigenvalue weighted by Crippen LogP contribution is 2.27. The number of aromatic nitrogens is 2. The molecule has 90 valence electrons. The highest BCUT2D eigenvalue weighted by Gasteiger charge is 2.17. The van der Waals surface area contributed by atoms with E-state index in [1.165, 1.54) is 31.4 Å². The standard InChI is InChI=1S/C13H23N3/c1-10-3-5-12(6-4-10)7-14-8-13-9-15-11(2)16-13/h9-10,12,14H,3-8H2,1-2H3,(H,15,16). The first-order valence-electron chi connectivity index (χ1n) is 6.45. The fourth-order valence-corrected chi connectivity index (χ4v) is 2.51. The predicted octanol–water partition coefficient (Wildman–Crippen LogP) is 2.63. The Labute approximate surface area is 98.1 Å². The summed E-state index contributed by atoms with van der Waals surface area (Å²) in [6.07, 6.45) is 7.54. The molecule has 16 heavy (non-hydrogen) atoms. The third-order valence-corrected chi connectivity index (χ3v) is 3.64. The van der Waals surface area contributed by atoms with E-state index < -0.39 is 0 Å². The number of nitrogens with zero attached hydrogens (tertiary/aromatic N) is 1. The molecule has 1 fully saturated rings. The summed E-state index contributed by atoms with van der Waals surface area (Å²) < 4.78 is 0. The van der Waals surface area contributed by atoms with Gasteiger partial charge in [0.15, 0.2) is 0 Å². The molecule has 2 rings (SSSR count). The molecule has 0 spiro atoms. The molecule has 0 amide bonds. The molecule has 1 aromatic heterocycles. The molecular weight excluding hydrogens is 198 g/mol. The van der Waals surface area contributed by atoms with Crippen molar-refractivity contribution in [3.63, 3.8) is 0 Å². The monoisotopic (exact) mass is 221 g/mol. The van der Waals surface area contributed by atoms with Gasteiger partial charge in [0.25, 0.3) is 0 Å². The van der Waals surface area contributed by atoms with Gasteiger partial charge in [-0.1, -0.05) is 19.8 Å². The van der Waals surface area contributed by atoms with Crippen molar-refractivity contribution in [3.8, 4) is 0 Å². The zero-order chi connectivity index (χ0) is 11.4. The van der Waals surface area contributed by atoms with Crippen molar-refractivity contribution in [3.05, 3.63) is 17.7 Å². The summed E-state index contributed by atoms with van der Waals surface area (Å²) in [5.74, 6) is 2.84. The van der Waals surface area contributed by atoms with Crippen LogP contribution in [0.5, 0.6) is 0 Å². The Morgan fingerprint density at radius 3 is 2.75 bits per heavy atom. The van der Waals surface area contributed by atoms with Gasteiger partial charge in [-0.2, -0.15) is 0 Å². The van der Waals surface area contributed by atoms with Gasteiger partial charge in [0.05, 0.1) is 0 Å². The van der Waals surface area contributed by atoms with Gasteiger partial charge < -0.3 is 10.3 Å². The van der Waals surface area contributed by atoms with Gasteiger partial charge in [0.1, 0.15) is 5.82 Å². The largest absolute Gasteiger partial charge is 0.345 e. The van der Waals surface area contributed by atoms with E-state index in [0.29, 0.717) is 0 Å². The molecule has 2 N–H and O–H groups in total. The summed E-state index contributed by atoms with van der Waals surface area (Å²) in [4.78, 5) is 7.44. The van der Waals surface area contributed by atoms with Crippen LogP contribution in [0.2, 0.25) is 0 Å². The second-order valence-electron chi connectivity index (χ2n) is 5.25. The lowest BCUT2D eigenvalue weighted by molar-refractivity contribution is 0.281. The number of H-pyrrole nitrogens is 1. The maximum absolute atomic E-state index is 4.20. The molecule has 1 heterocycles. The summed E-state index contributed by atoms with van der Waals surface area (Å²) in [6.45, 7) is 6.45. The van der Waals surface area contributed by atoms with Crippen molar-refractivity contribution in [2.45, 2.75) is 46.1 Å². The van der Waals surface area contributed by atoms with Gasteiger partial charge in [-0.3, -0.25) is 0 Å². The van der Waals surface area contributed by atoms with Crippen molar-refractivity contribution in [1.82, 2.24) is 15.3 Å². The number of aromatic amines is 1. The van der Waals surface area contributed by atoms with Crippen LogP contribution in [-0.2, 0) is 6.54 Å². The average molecular weight is 221 g/mol. The van der Waals surface area contributed by atoms with Crippen molar-refractivity contribution in [1.29, 1.82) is 0 Å². The molecule has 0 bridgehead atoms. The molecule has 1 saturated carbocycles. The van der Waals surface area contributed by atoms with Crippen LogP contribution in [-0.4, -0.2) is 16.5 Å². The van der Waals surface area contributed by atoms with Crippen molar-refractivity contribution >= 4 is 0 Å². The second-order valence-corrected chi connectivity index (χ2v) is 5.25. The molecule has 1 aliphatic carbocycles. The maximum Gasteiger partial charge on any atom is 0.103 e. The number of aryl methyl sites for hydroxylation is 1. The number of rotatable bonds is 4. The Hall–Kier alpha value is -0.830. The number of nitrogens with one attached hydrogen (secondary N) is 2. The van der Waals surface area contributed by atoms with Crippen LogP contribution in [0.3, 0.4) is 0 Å². The van der Waals surface area contributed by atoms with E-state index in [4.69, 9.17) is 0 Å². The molecule has 0 unspecified atom stereocenters. The topological polar surface area (TPSA) is 40.7 Å². The summed E-state index contributed by atoms with van der Waals surface area (Å²) in [7, 11) is 0. The summed E-state index contributed by atoms with van der Waals surface area (Å²) in [5, 5.41) is 3.53. The van der Waals surface area contributed by atoms with Gasteiger partial charge in [-0.15, -0.1) is 0 Å². The van der Waals surface area contributed by atoms with Crippen LogP contribution in [0.15, 0.2) is 6.20 Å². The Kier molecular flexibility index (Phi) is 3.99. The number of imidazole rings is 1. The number of hydrogen-bond donors (Lipinski definition) is 2. The van der Waals surface area contributed by atoms with Crippen molar-refractivity contribution in [2.24, 2.45) is 11.8 Å². The highest BCUT2D eigenvalue weighted by molar-refractivity contribution is 4.99. The molecule has 3 heteroatoms. The summed E-state index contributed by atoms with van der Waals surface area (Å²) >= 11 is 0. The average Bonchev–Trinajstić information content (AvgIpc) is 2.67. The van der Waals surface area contributed by atoms with Gasteiger partial charge >= 0.3 is 0 Å². The second kappa shape index (κ2) is 5.48. The lowest BCUT2D eigenvalue weighted by atomic mass is 9.83. The van der Waals surface area contributed by atoms with Crippen LogP contribution in [0.1, 0.15) is 44.1 Å². The molecule has 3 nitrogen and oxygen atoms in total. The smallest absolute Gasteiger partial charge is 0.103 e. The molecule has 0 radical (unpaired) electrons. The quantitative estimate of drug-likeness (QED) is 0.820.